The number of pyridine rings is 1. The highest BCUT2D eigenvalue weighted by Crippen LogP contribution is 2.33. The van der Waals surface area contributed by atoms with Crippen LogP contribution >= 0.6 is 0 Å². The molecule has 0 saturated heterocycles. The maximum absolute atomic E-state index is 12.9. The normalized spacial score (nSPS) is 15.6. The second-order valence-electron chi connectivity index (χ2n) is 6.37. The molecule has 1 N–H and O–H groups in total. The highest BCUT2D eigenvalue weighted by Gasteiger charge is 2.31. The van der Waals surface area contributed by atoms with Crippen LogP contribution in [0.15, 0.2) is 47.9 Å². The molecule has 0 spiro atoms. The summed E-state index contributed by atoms with van der Waals surface area (Å²) in [6.45, 7) is 0.332. The van der Waals surface area contributed by atoms with E-state index in [2.05, 4.69) is 15.2 Å². The van der Waals surface area contributed by atoms with Gasteiger partial charge in [0.25, 0.3) is 0 Å². The molecule has 0 bridgehead atoms. The molecule has 2 heterocycles. The highest BCUT2D eigenvalue weighted by atomic mass is 19.4. The summed E-state index contributed by atoms with van der Waals surface area (Å²) in [7, 11) is 0. The molecular formula is C18H15F3N4O. The molecule has 1 aliphatic carbocycles. The van der Waals surface area contributed by atoms with Crippen molar-refractivity contribution in [1.82, 2.24) is 14.8 Å². The lowest BCUT2D eigenvalue weighted by atomic mass is 10.0. The van der Waals surface area contributed by atoms with Crippen LogP contribution in [0.5, 0.6) is 0 Å². The Bertz CT molecular complexity index is 990. The average molecular weight is 360 g/mol. The minimum absolute atomic E-state index is 0.277. The largest absolute Gasteiger partial charge is 0.416 e. The van der Waals surface area contributed by atoms with E-state index in [1.54, 1.807) is 23.0 Å². The van der Waals surface area contributed by atoms with Crippen molar-refractivity contribution in [1.29, 1.82) is 0 Å². The van der Waals surface area contributed by atoms with Crippen molar-refractivity contribution >= 4 is 16.7 Å². The third kappa shape index (κ3) is 3.14. The van der Waals surface area contributed by atoms with Crippen LogP contribution < -0.4 is 0 Å². The maximum atomic E-state index is 12.9. The molecule has 4 rings (SSSR count). The predicted octanol–water partition coefficient (Wildman–Crippen LogP) is 4.36. The molecule has 1 aromatic carbocycles. The Labute approximate surface area is 146 Å². The molecule has 26 heavy (non-hydrogen) atoms. The first kappa shape index (κ1) is 16.6. The van der Waals surface area contributed by atoms with Crippen molar-refractivity contribution in [2.24, 2.45) is 11.1 Å². The zero-order valence-electron chi connectivity index (χ0n) is 13.6. The number of alkyl halides is 3. The molecule has 0 atom stereocenters. The number of benzene rings is 1. The van der Waals surface area contributed by atoms with Crippen LogP contribution in [-0.4, -0.2) is 25.7 Å². The Morgan fingerprint density at radius 1 is 1.19 bits per heavy atom. The molecule has 3 aromatic rings. The van der Waals surface area contributed by atoms with Crippen molar-refractivity contribution in [3.05, 3.63) is 48.3 Å². The summed E-state index contributed by atoms with van der Waals surface area (Å²) in [6.07, 6.45) is 0.712. The third-order valence-electron chi connectivity index (χ3n) is 4.51. The summed E-state index contributed by atoms with van der Waals surface area (Å²) in [5, 5.41) is 16.8. The van der Waals surface area contributed by atoms with Crippen LogP contribution in [0.25, 0.3) is 22.2 Å². The van der Waals surface area contributed by atoms with E-state index in [-0.39, 0.29) is 5.92 Å². The minimum Gasteiger partial charge on any atom is -0.411 e. The van der Waals surface area contributed by atoms with Gasteiger partial charge in [-0.2, -0.15) is 18.3 Å². The van der Waals surface area contributed by atoms with Gasteiger partial charge in [0.2, 0.25) is 0 Å². The number of aromatic nitrogens is 3. The van der Waals surface area contributed by atoms with E-state index in [0.29, 0.717) is 34.4 Å². The summed E-state index contributed by atoms with van der Waals surface area (Å²) in [5.41, 5.74) is 2.27. The van der Waals surface area contributed by atoms with Gasteiger partial charge in [-0.3, -0.25) is 9.67 Å². The number of fused-ring (bicyclic) bond motifs is 1. The van der Waals surface area contributed by atoms with E-state index in [1.165, 1.54) is 12.3 Å². The smallest absolute Gasteiger partial charge is 0.411 e. The molecular weight excluding hydrogens is 345 g/mol. The van der Waals surface area contributed by atoms with E-state index in [0.717, 1.165) is 25.0 Å². The molecule has 0 unspecified atom stereocenters. The quantitative estimate of drug-likeness (QED) is 0.427. The Hall–Kier alpha value is -2.90. The lowest BCUT2D eigenvalue weighted by Gasteiger charge is -2.09. The molecule has 1 saturated carbocycles. The first-order chi connectivity index (χ1) is 12.5. The van der Waals surface area contributed by atoms with Gasteiger partial charge in [-0.1, -0.05) is 17.3 Å². The number of hydrogen-bond acceptors (Lipinski definition) is 4. The van der Waals surface area contributed by atoms with E-state index < -0.39 is 11.7 Å². The molecule has 1 aliphatic rings. The second-order valence-corrected chi connectivity index (χ2v) is 6.37. The third-order valence-corrected chi connectivity index (χ3v) is 4.51. The Morgan fingerprint density at radius 3 is 2.69 bits per heavy atom. The van der Waals surface area contributed by atoms with Crippen LogP contribution in [0.2, 0.25) is 0 Å². The van der Waals surface area contributed by atoms with Crippen LogP contribution in [0.3, 0.4) is 0 Å². The zero-order valence-corrected chi connectivity index (χ0v) is 13.6. The molecule has 0 aliphatic heterocycles. The van der Waals surface area contributed by atoms with Crippen molar-refractivity contribution in [2.45, 2.75) is 25.6 Å². The molecule has 8 heteroatoms. The molecule has 1 fully saturated rings. The van der Waals surface area contributed by atoms with E-state index in [4.69, 9.17) is 0 Å². The van der Waals surface area contributed by atoms with E-state index in [9.17, 15) is 18.4 Å². The monoisotopic (exact) mass is 360 g/mol. The SMILES string of the molecule is ON=C(Cn1ncc2ncc(-c3cccc(C(F)(F)F)c3)cc21)C1CC1. The first-order valence-electron chi connectivity index (χ1n) is 8.16. The fourth-order valence-electron chi connectivity index (χ4n) is 2.93. The van der Waals surface area contributed by atoms with E-state index >= 15 is 0 Å². The van der Waals surface area contributed by atoms with Gasteiger partial charge in [0, 0.05) is 17.7 Å². The highest BCUT2D eigenvalue weighted by molar-refractivity contribution is 5.89. The van der Waals surface area contributed by atoms with Gasteiger partial charge in [-0.05, 0) is 36.6 Å². The first-order valence-corrected chi connectivity index (χ1v) is 8.16. The molecule has 2 aromatic heterocycles. The maximum Gasteiger partial charge on any atom is 0.416 e. The Kier molecular flexibility index (Phi) is 3.90. The predicted molar refractivity (Wildman–Crippen MR) is 89.9 cm³/mol. The van der Waals surface area contributed by atoms with Gasteiger partial charge in [0.1, 0.15) is 5.52 Å². The van der Waals surface area contributed by atoms with Crippen molar-refractivity contribution in [3.63, 3.8) is 0 Å². The average Bonchev–Trinajstić information content (AvgIpc) is 3.40. The fourth-order valence-corrected chi connectivity index (χ4v) is 2.93. The van der Waals surface area contributed by atoms with Crippen LogP contribution in [-0.2, 0) is 12.7 Å². The summed E-state index contributed by atoms with van der Waals surface area (Å²) in [4.78, 5) is 4.30. The molecule has 5 nitrogen and oxygen atoms in total. The number of hydrogen-bond donors (Lipinski definition) is 1. The van der Waals surface area contributed by atoms with Crippen LogP contribution in [0.4, 0.5) is 13.2 Å². The Morgan fingerprint density at radius 2 is 2.00 bits per heavy atom. The van der Waals surface area contributed by atoms with Crippen molar-refractivity contribution in [3.8, 4) is 11.1 Å². The number of halogens is 3. The van der Waals surface area contributed by atoms with Crippen molar-refractivity contribution in [2.75, 3.05) is 0 Å². The van der Waals surface area contributed by atoms with Crippen LogP contribution in [0, 0.1) is 5.92 Å². The minimum atomic E-state index is -4.40. The molecule has 0 amide bonds. The zero-order chi connectivity index (χ0) is 18.3. The van der Waals surface area contributed by atoms with Gasteiger partial charge >= 0.3 is 6.18 Å². The fraction of sp³-hybridized carbons (Fsp3) is 0.278. The van der Waals surface area contributed by atoms with Gasteiger partial charge in [-0.25, -0.2) is 0 Å². The van der Waals surface area contributed by atoms with Gasteiger partial charge in [-0.15, -0.1) is 0 Å². The summed E-state index contributed by atoms with van der Waals surface area (Å²) >= 11 is 0. The van der Waals surface area contributed by atoms with E-state index in [1.807, 2.05) is 0 Å². The number of oxime groups is 1. The lowest BCUT2D eigenvalue weighted by Crippen LogP contribution is -2.13. The number of nitrogens with zero attached hydrogens (tertiary/aromatic N) is 4. The number of rotatable bonds is 4. The van der Waals surface area contributed by atoms with Gasteiger partial charge in [0.05, 0.1) is 29.5 Å². The second kappa shape index (κ2) is 6.12. The topological polar surface area (TPSA) is 63.3 Å². The van der Waals surface area contributed by atoms with Crippen molar-refractivity contribution < 1.29 is 18.4 Å². The summed E-state index contributed by atoms with van der Waals surface area (Å²) in [6, 6.07) is 6.90. The van der Waals surface area contributed by atoms with Crippen LogP contribution in [0.1, 0.15) is 18.4 Å². The van der Waals surface area contributed by atoms with Gasteiger partial charge in [0.15, 0.2) is 0 Å². The standard InChI is InChI=1S/C18H15F3N4O/c19-18(20,21)14-3-1-2-12(6-14)13-7-17-15(22-8-13)9-23-25(17)10-16(24-26)11-4-5-11/h1-3,6-9,11,26H,4-5,10H2. The molecule has 134 valence electrons. The lowest BCUT2D eigenvalue weighted by molar-refractivity contribution is -0.137. The molecule has 0 radical (unpaired) electrons. The summed E-state index contributed by atoms with van der Waals surface area (Å²) < 4.78 is 40.5. The summed E-state index contributed by atoms with van der Waals surface area (Å²) in [5.74, 6) is 0.277. The van der Waals surface area contributed by atoms with Gasteiger partial charge < -0.3 is 5.21 Å². The Balaban J connectivity index is 1.72.